The molecule has 0 fully saturated rings. The summed E-state index contributed by atoms with van der Waals surface area (Å²) < 4.78 is 11.8. The summed E-state index contributed by atoms with van der Waals surface area (Å²) in [6, 6.07) is 24.9. The van der Waals surface area contributed by atoms with E-state index in [-0.39, 0.29) is 5.92 Å². The van der Waals surface area contributed by atoms with Gasteiger partial charge in [-0.25, -0.2) is 0 Å². The maximum Gasteiger partial charge on any atom is 0.131 e. The fourth-order valence-corrected chi connectivity index (χ4v) is 3.45. The third-order valence-electron chi connectivity index (χ3n) is 4.77. The first-order chi connectivity index (χ1) is 12.8. The van der Waals surface area contributed by atoms with Crippen LogP contribution >= 0.6 is 0 Å². The van der Waals surface area contributed by atoms with Crippen molar-refractivity contribution in [3.05, 3.63) is 101 Å². The Balaban J connectivity index is 1.78. The van der Waals surface area contributed by atoms with Gasteiger partial charge in [-0.2, -0.15) is 0 Å². The van der Waals surface area contributed by atoms with Crippen LogP contribution in [-0.4, -0.2) is 6.61 Å². The van der Waals surface area contributed by atoms with E-state index in [0.717, 1.165) is 22.8 Å². The normalized spacial score (nSPS) is 15.6. The summed E-state index contributed by atoms with van der Waals surface area (Å²) in [4.78, 5) is 0. The van der Waals surface area contributed by atoms with Gasteiger partial charge in [0.2, 0.25) is 0 Å². The van der Waals surface area contributed by atoms with Gasteiger partial charge in [0.25, 0.3) is 0 Å². The summed E-state index contributed by atoms with van der Waals surface area (Å²) in [5, 5.41) is 0. The molecule has 0 N–H and O–H groups in total. The Bertz CT molecular complexity index is 938. The Hall–Kier alpha value is -3.00. The zero-order chi connectivity index (χ0) is 17.9. The van der Waals surface area contributed by atoms with Crippen LogP contribution in [0.4, 0.5) is 0 Å². The van der Waals surface area contributed by atoms with Crippen LogP contribution in [0.5, 0.6) is 11.5 Å². The van der Waals surface area contributed by atoms with E-state index in [9.17, 15) is 0 Å². The average molecular weight is 342 g/mol. The van der Waals surface area contributed by atoms with Crippen LogP contribution in [0.15, 0.2) is 78.9 Å². The maximum absolute atomic E-state index is 6.23. The lowest BCUT2D eigenvalue weighted by molar-refractivity contribution is 0.340. The van der Waals surface area contributed by atoms with Crippen molar-refractivity contribution in [1.82, 2.24) is 0 Å². The molecule has 0 radical (unpaired) electrons. The molecule has 0 saturated heterocycles. The predicted molar refractivity (Wildman–Crippen MR) is 106 cm³/mol. The van der Waals surface area contributed by atoms with E-state index < -0.39 is 0 Å². The van der Waals surface area contributed by atoms with E-state index in [0.29, 0.717) is 6.61 Å². The smallest absolute Gasteiger partial charge is 0.131 e. The summed E-state index contributed by atoms with van der Waals surface area (Å²) in [6.07, 6.45) is 2.22. The summed E-state index contributed by atoms with van der Waals surface area (Å²) >= 11 is 0. The molecular weight excluding hydrogens is 320 g/mol. The Morgan fingerprint density at radius 3 is 2.27 bits per heavy atom. The zero-order valence-electron chi connectivity index (χ0n) is 15.1. The monoisotopic (exact) mass is 342 g/mol. The Morgan fingerprint density at radius 1 is 0.846 bits per heavy atom. The summed E-state index contributed by atoms with van der Waals surface area (Å²) in [7, 11) is 0. The molecule has 1 heterocycles. The number of hydrogen-bond acceptors (Lipinski definition) is 2. The minimum atomic E-state index is 0.183. The van der Waals surface area contributed by atoms with Crippen molar-refractivity contribution in [1.29, 1.82) is 0 Å². The first-order valence-electron chi connectivity index (χ1n) is 9.03. The molecule has 1 aliphatic rings. The molecule has 26 heavy (non-hydrogen) atoms. The third kappa shape index (κ3) is 3.11. The van der Waals surface area contributed by atoms with Crippen LogP contribution in [-0.2, 0) is 0 Å². The van der Waals surface area contributed by atoms with Gasteiger partial charge in [-0.1, -0.05) is 42.5 Å². The summed E-state index contributed by atoms with van der Waals surface area (Å²) in [5.74, 6) is 2.87. The van der Waals surface area contributed by atoms with Crippen LogP contribution < -0.4 is 9.47 Å². The lowest BCUT2D eigenvalue weighted by atomic mass is 9.85. The Kier molecular flexibility index (Phi) is 4.49. The first kappa shape index (κ1) is 16.5. The highest BCUT2D eigenvalue weighted by Crippen LogP contribution is 2.41. The highest BCUT2D eigenvalue weighted by Gasteiger charge is 2.24. The molecule has 0 spiro atoms. The average Bonchev–Trinajstić information content (AvgIpc) is 2.68. The fourth-order valence-electron chi connectivity index (χ4n) is 3.45. The van der Waals surface area contributed by atoms with Crippen LogP contribution in [0, 0.1) is 6.92 Å². The molecule has 1 atom stereocenters. The standard InChI is InChI=1S/C24H22O2/c1-3-25-19-14-12-18(13-15-19)24-16-22(20-9-5-4-8-17(20)2)21-10-6-7-11-23(21)26-24/h4-16,22H,3H2,1-2H3/t22-/m1/s1. The van der Waals surface area contributed by atoms with Gasteiger partial charge in [-0.05, 0) is 61.4 Å². The quantitative estimate of drug-likeness (QED) is 0.582. The Labute approximate surface area is 154 Å². The molecule has 0 unspecified atom stereocenters. The summed E-state index contributed by atoms with van der Waals surface area (Å²) in [6.45, 7) is 4.82. The number of ether oxygens (including phenoxy) is 2. The van der Waals surface area contributed by atoms with Crippen LogP contribution in [0.25, 0.3) is 5.76 Å². The van der Waals surface area contributed by atoms with Gasteiger partial charge >= 0.3 is 0 Å². The van der Waals surface area contributed by atoms with Crippen molar-refractivity contribution >= 4 is 5.76 Å². The van der Waals surface area contributed by atoms with E-state index >= 15 is 0 Å². The molecule has 0 bridgehead atoms. The molecule has 130 valence electrons. The molecule has 0 aromatic heterocycles. The molecule has 4 rings (SSSR count). The number of rotatable bonds is 4. The molecule has 2 heteroatoms. The molecule has 1 aliphatic heterocycles. The van der Waals surface area contributed by atoms with Gasteiger partial charge in [0.15, 0.2) is 0 Å². The number of fused-ring (bicyclic) bond motifs is 1. The van der Waals surface area contributed by atoms with Crippen LogP contribution in [0.1, 0.15) is 35.1 Å². The van der Waals surface area contributed by atoms with Gasteiger partial charge in [0.1, 0.15) is 17.3 Å². The molecule has 0 aliphatic carbocycles. The van der Waals surface area contributed by atoms with Crippen molar-refractivity contribution in [2.45, 2.75) is 19.8 Å². The highest BCUT2D eigenvalue weighted by molar-refractivity contribution is 5.69. The number of hydrogen-bond donors (Lipinski definition) is 0. The van der Waals surface area contributed by atoms with Crippen molar-refractivity contribution < 1.29 is 9.47 Å². The van der Waals surface area contributed by atoms with Gasteiger partial charge in [0.05, 0.1) is 6.61 Å². The molecule has 0 saturated carbocycles. The second-order valence-electron chi connectivity index (χ2n) is 6.46. The van der Waals surface area contributed by atoms with Crippen molar-refractivity contribution in [2.75, 3.05) is 6.61 Å². The lowest BCUT2D eigenvalue weighted by Gasteiger charge is -2.26. The highest BCUT2D eigenvalue weighted by atomic mass is 16.5. The fraction of sp³-hybridized carbons (Fsp3) is 0.167. The zero-order valence-corrected chi connectivity index (χ0v) is 15.1. The second-order valence-corrected chi connectivity index (χ2v) is 6.46. The topological polar surface area (TPSA) is 18.5 Å². The van der Waals surface area contributed by atoms with Crippen LogP contribution in [0.3, 0.4) is 0 Å². The molecule has 3 aromatic carbocycles. The maximum atomic E-state index is 6.23. The number of aryl methyl sites for hydroxylation is 1. The van der Waals surface area contributed by atoms with Gasteiger partial charge < -0.3 is 9.47 Å². The van der Waals surface area contributed by atoms with E-state index in [4.69, 9.17) is 9.47 Å². The summed E-state index contributed by atoms with van der Waals surface area (Å²) in [5.41, 5.74) is 4.86. The minimum absolute atomic E-state index is 0.183. The Morgan fingerprint density at radius 2 is 1.54 bits per heavy atom. The largest absolute Gasteiger partial charge is 0.494 e. The molecular formula is C24H22O2. The van der Waals surface area contributed by atoms with Gasteiger partial charge in [0, 0.05) is 17.0 Å². The lowest BCUT2D eigenvalue weighted by Crippen LogP contribution is -2.11. The minimum Gasteiger partial charge on any atom is -0.494 e. The van der Waals surface area contributed by atoms with Gasteiger partial charge in [-0.15, -0.1) is 0 Å². The first-order valence-corrected chi connectivity index (χ1v) is 9.03. The number of para-hydroxylation sites is 1. The van der Waals surface area contributed by atoms with E-state index in [2.05, 4.69) is 61.5 Å². The van der Waals surface area contributed by atoms with Crippen molar-refractivity contribution in [3.63, 3.8) is 0 Å². The third-order valence-corrected chi connectivity index (χ3v) is 4.77. The number of benzene rings is 3. The van der Waals surface area contributed by atoms with E-state index in [1.807, 2.05) is 31.2 Å². The molecule has 3 aromatic rings. The van der Waals surface area contributed by atoms with Gasteiger partial charge in [-0.3, -0.25) is 0 Å². The SMILES string of the molecule is CCOc1ccc(C2=C[C@H](c3ccccc3C)c3ccccc3O2)cc1. The van der Waals surface area contributed by atoms with Crippen LogP contribution in [0.2, 0.25) is 0 Å². The van der Waals surface area contributed by atoms with Crippen molar-refractivity contribution in [2.24, 2.45) is 0 Å². The van der Waals surface area contributed by atoms with E-state index in [1.165, 1.54) is 16.7 Å². The molecule has 2 nitrogen and oxygen atoms in total. The second kappa shape index (κ2) is 7.09. The van der Waals surface area contributed by atoms with E-state index in [1.54, 1.807) is 0 Å². The number of allylic oxidation sites excluding steroid dienone is 1. The van der Waals surface area contributed by atoms with Crippen molar-refractivity contribution in [3.8, 4) is 11.5 Å². The molecule has 0 amide bonds. The predicted octanol–water partition coefficient (Wildman–Crippen LogP) is 5.96.